The topological polar surface area (TPSA) is 69.8 Å². The Balaban J connectivity index is 2.88. The number of hydrazine groups is 1. The molecule has 1 saturated heterocycles. The number of carbonyl (C=O) groups excluding carboxylic acids is 1. The molecule has 0 saturated carbocycles. The lowest BCUT2D eigenvalue weighted by Gasteiger charge is -2.52. The maximum atomic E-state index is 10.6. The van der Waals surface area contributed by atoms with Crippen LogP contribution in [0.5, 0.6) is 0 Å². The van der Waals surface area contributed by atoms with E-state index >= 15 is 0 Å². The quantitative estimate of drug-likeness (QED) is 0.308. The van der Waals surface area contributed by atoms with Crippen LogP contribution in [0.25, 0.3) is 0 Å². The van der Waals surface area contributed by atoms with Gasteiger partial charge >= 0.3 is 0 Å². The fourth-order valence-electron chi connectivity index (χ4n) is 2.51. The van der Waals surface area contributed by atoms with Crippen LogP contribution in [0, 0.1) is 0 Å². The summed E-state index contributed by atoms with van der Waals surface area (Å²) in [5, 5.41) is 12.6. The van der Waals surface area contributed by atoms with Crippen LogP contribution in [-0.2, 0) is 4.79 Å². The van der Waals surface area contributed by atoms with E-state index in [9.17, 15) is 10.0 Å². The Morgan fingerprint density at radius 2 is 1.73 bits per heavy atom. The van der Waals surface area contributed by atoms with Crippen LogP contribution in [0.2, 0.25) is 0 Å². The Labute approximate surface area is 90.8 Å². The minimum Gasteiger partial charge on any atom is -0.313 e. The van der Waals surface area contributed by atoms with Gasteiger partial charge in [-0.1, -0.05) is 0 Å². The molecule has 0 aromatic carbocycles. The number of piperidine rings is 1. The molecule has 1 amide bonds. The maximum Gasteiger partial charge on any atom is 0.223 e. The first-order valence-corrected chi connectivity index (χ1v) is 5.18. The molecule has 0 aromatic heterocycles. The zero-order valence-electron chi connectivity index (χ0n) is 9.90. The van der Waals surface area contributed by atoms with Crippen molar-refractivity contribution in [2.45, 2.75) is 57.7 Å². The van der Waals surface area contributed by atoms with Gasteiger partial charge in [-0.05, 0) is 40.5 Å². The summed E-state index contributed by atoms with van der Waals surface area (Å²) in [6.07, 6.45) is 1.98. The first kappa shape index (κ1) is 12.4. The fourth-order valence-corrected chi connectivity index (χ4v) is 2.51. The Morgan fingerprint density at radius 3 is 2.07 bits per heavy atom. The monoisotopic (exact) mass is 215 g/mol. The van der Waals surface area contributed by atoms with Crippen LogP contribution in [0.3, 0.4) is 0 Å². The van der Waals surface area contributed by atoms with Crippen LogP contribution in [0.15, 0.2) is 0 Å². The third-order valence-corrected chi connectivity index (χ3v) is 3.16. The van der Waals surface area contributed by atoms with Gasteiger partial charge in [-0.15, -0.1) is 0 Å². The van der Waals surface area contributed by atoms with Gasteiger partial charge in [-0.2, -0.15) is 5.06 Å². The molecule has 0 spiro atoms. The molecule has 3 N–H and O–H groups in total. The Bertz CT molecular complexity index is 235. The molecular weight excluding hydrogens is 194 g/mol. The van der Waals surface area contributed by atoms with Crippen LogP contribution in [0.1, 0.15) is 40.5 Å². The van der Waals surface area contributed by atoms with E-state index in [1.807, 2.05) is 27.7 Å². The number of rotatable bonds is 2. The second-order valence-corrected chi connectivity index (χ2v) is 5.55. The second-order valence-electron chi connectivity index (χ2n) is 5.55. The molecule has 0 atom stereocenters. The Morgan fingerprint density at radius 1 is 1.33 bits per heavy atom. The van der Waals surface area contributed by atoms with Crippen LogP contribution >= 0.6 is 0 Å². The molecule has 5 heteroatoms. The molecule has 0 aromatic rings. The van der Waals surface area contributed by atoms with Crippen molar-refractivity contribution in [3.8, 4) is 0 Å². The predicted octanol–water partition coefficient (Wildman–Crippen LogP) is 0.729. The highest BCUT2D eigenvalue weighted by Gasteiger charge is 2.46. The van der Waals surface area contributed by atoms with E-state index in [-0.39, 0.29) is 17.1 Å². The molecule has 0 radical (unpaired) electrons. The summed E-state index contributed by atoms with van der Waals surface area (Å²) in [6.45, 7) is 7.78. The van der Waals surface area contributed by atoms with Crippen molar-refractivity contribution in [3.63, 3.8) is 0 Å². The molecule has 1 heterocycles. The van der Waals surface area contributed by atoms with Gasteiger partial charge in [0.2, 0.25) is 6.41 Å². The van der Waals surface area contributed by atoms with Crippen LogP contribution < -0.4 is 5.84 Å². The third-order valence-electron chi connectivity index (χ3n) is 3.16. The lowest BCUT2D eigenvalue weighted by atomic mass is 9.79. The Hall–Kier alpha value is -0.650. The average molecular weight is 215 g/mol. The zero-order valence-corrected chi connectivity index (χ0v) is 9.90. The summed E-state index contributed by atoms with van der Waals surface area (Å²) in [5.74, 6) is 5.60. The van der Waals surface area contributed by atoms with E-state index in [0.29, 0.717) is 19.3 Å². The summed E-state index contributed by atoms with van der Waals surface area (Å²) < 4.78 is 0. The zero-order chi connectivity index (χ0) is 11.9. The molecule has 5 nitrogen and oxygen atoms in total. The SMILES string of the molecule is CC1(C)CC(N(N)C=O)CC(C)(C)N1O. The molecule has 15 heavy (non-hydrogen) atoms. The van der Waals surface area contributed by atoms with E-state index in [1.54, 1.807) is 0 Å². The Kier molecular flexibility index (Phi) is 3.09. The highest BCUT2D eigenvalue weighted by molar-refractivity contribution is 5.46. The smallest absolute Gasteiger partial charge is 0.223 e. The minimum atomic E-state index is -0.368. The highest BCUT2D eigenvalue weighted by atomic mass is 16.5. The minimum absolute atomic E-state index is 0.0177. The molecular formula is C10H21N3O2. The number of nitrogens with zero attached hydrogens (tertiary/aromatic N) is 2. The van der Waals surface area contributed by atoms with Gasteiger partial charge in [-0.25, -0.2) is 5.84 Å². The van der Waals surface area contributed by atoms with Gasteiger partial charge in [0, 0.05) is 11.1 Å². The van der Waals surface area contributed by atoms with Gasteiger partial charge in [0.15, 0.2) is 0 Å². The first-order chi connectivity index (χ1) is 6.70. The second kappa shape index (κ2) is 3.73. The molecule has 0 bridgehead atoms. The number of nitrogens with two attached hydrogens (primary N) is 1. The van der Waals surface area contributed by atoms with E-state index in [1.165, 1.54) is 10.1 Å². The summed E-state index contributed by atoms with van der Waals surface area (Å²) in [4.78, 5) is 10.6. The normalized spacial score (nSPS) is 26.3. The number of amides is 1. The van der Waals surface area contributed by atoms with Crippen molar-refractivity contribution in [2.24, 2.45) is 5.84 Å². The van der Waals surface area contributed by atoms with Gasteiger partial charge in [0.25, 0.3) is 0 Å². The molecule has 1 rings (SSSR count). The van der Waals surface area contributed by atoms with Crippen molar-refractivity contribution in [1.29, 1.82) is 0 Å². The van der Waals surface area contributed by atoms with Gasteiger partial charge < -0.3 is 5.21 Å². The average Bonchev–Trinajstić information content (AvgIpc) is 2.11. The van der Waals surface area contributed by atoms with Gasteiger partial charge in [0.05, 0.1) is 6.04 Å². The number of carbonyl (C=O) groups is 1. The molecule has 1 fully saturated rings. The van der Waals surface area contributed by atoms with Crippen LogP contribution in [-0.4, -0.2) is 38.8 Å². The number of hydroxylamine groups is 2. The van der Waals surface area contributed by atoms with Crippen molar-refractivity contribution in [2.75, 3.05) is 0 Å². The predicted molar refractivity (Wildman–Crippen MR) is 56.9 cm³/mol. The summed E-state index contributed by atoms with van der Waals surface area (Å²) >= 11 is 0. The van der Waals surface area contributed by atoms with E-state index in [4.69, 9.17) is 5.84 Å². The van der Waals surface area contributed by atoms with Crippen molar-refractivity contribution < 1.29 is 10.0 Å². The van der Waals surface area contributed by atoms with Crippen molar-refractivity contribution in [3.05, 3.63) is 0 Å². The summed E-state index contributed by atoms with van der Waals surface area (Å²) in [7, 11) is 0. The summed E-state index contributed by atoms with van der Waals surface area (Å²) in [6, 6.07) is -0.0177. The van der Waals surface area contributed by atoms with Gasteiger partial charge in [0.1, 0.15) is 0 Å². The standard InChI is InChI=1S/C10H21N3O2/c1-9(2)5-8(12(11)7-14)6-10(3,4)13(9)15/h7-8,15H,5-6,11H2,1-4H3. The van der Waals surface area contributed by atoms with E-state index < -0.39 is 0 Å². The number of hydrogen-bond donors (Lipinski definition) is 2. The highest BCUT2D eigenvalue weighted by Crippen LogP contribution is 2.37. The molecule has 1 aliphatic rings. The largest absolute Gasteiger partial charge is 0.313 e. The molecule has 0 aliphatic carbocycles. The van der Waals surface area contributed by atoms with E-state index in [2.05, 4.69) is 0 Å². The lowest BCUT2D eigenvalue weighted by molar-refractivity contribution is -0.251. The molecule has 0 unspecified atom stereocenters. The van der Waals surface area contributed by atoms with E-state index in [0.717, 1.165) is 0 Å². The van der Waals surface area contributed by atoms with Gasteiger partial charge in [-0.3, -0.25) is 9.80 Å². The first-order valence-electron chi connectivity index (χ1n) is 5.18. The summed E-state index contributed by atoms with van der Waals surface area (Å²) in [5.41, 5.74) is -0.736. The molecule has 1 aliphatic heterocycles. The fraction of sp³-hybridized carbons (Fsp3) is 0.900. The lowest BCUT2D eigenvalue weighted by Crippen LogP contribution is -2.63. The number of hydrogen-bond acceptors (Lipinski definition) is 4. The molecule has 88 valence electrons. The third kappa shape index (κ3) is 2.30. The maximum absolute atomic E-state index is 10.6. The van der Waals surface area contributed by atoms with Crippen LogP contribution in [0.4, 0.5) is 0 Å². The van der Waals surface area contributed by atoms with Crippen molar-refractivity contribution in [1.82, 2.24) is 10.1 Å². The van der Waals surface area contributed by atoms with Crippen molar-refractivity contribution >= 4 is 6.41 Å².